The fraction of sp³-hybridized carbons (Fsp3) is 0.417. The van der Waals surface area contributed by atoms with Crippen molar-refractivity contribution in [3.63, 3.8) is 0 Å². The van der Waals surface area contributed by atoms with Gasteiger partial charge in [-0.05, 0) is 75.2 Å². The lowest BCUT2D eigenvalue weighted by Crippen LogP contribution is -2.34. The first kappa shape index (κ1) is 22.2. The molecule has 0 radical (unpaired) electrons. The third-order valence-corrected chi connectivity index (χ3v) is 5.99. The maximum atomic E-state index is 15.2. The Bertz CT molecular complexity index is 1160. The number of methoxy groups -OCH3 is 1. The molecule has 0 saturated carbocycles. The fourth-order valence-electron chi connectivity index (χ4n) is 4.32. The number of hydrogen-bond donors (Lipinski definition) is 2. The van der Waals surface area contributed by atoms with Crippen LogP contribution in [0.1, 0.15) is 30.9 Å². The summed E-state index contributed by atoms with van der Waals surface area (Å²) in [4.78, 5) is 19.6. The third kappa shape index (κ3) is 4.33. The van der Waals surface area contributed by atoms with E-state index in [9.17, 15) is 9.90 Å². The lowest BCUT2D eigenvalue weighted by molar-refractivity contribution is 0.290. The predicted octanol–water partition coefficient (Wildman–Crippen LogP) is 3.30. The molecular weight excluding hydrogens is 411 g/mol. The van der Waals surface area contributed by atoms with Crippen molar-refractivity contribution < 1.29 is 14.2 Å². The van der Waals surface area contributed by atoms with Gasteiger partial charge in [-0.2, -0.15) is 0 Å². The summed E-state index contributed by atoms with van der Waals surface area (Å²) in [6.45, 7) is 3.97. The van der Waals surface area contributed by atoms with E-state index in [4.69, 9.17) is 4.74 Å². The smallest absolute Gasteiger partial charge is 0.261 e. The van der Waals surface area contributed by atoms with Crippen molar-refractivity contribution in [2.75, 3.05) is 38.3 Å². The van der Waals surface area contributed by atoms with Crippen LogP contribution in [-0.4, -0.2) is 48.0 Å². The Morgan fingerprint density at radius 3 is 2.78 bits per heavy atom. The zero-order valence-corrected chi connectivity index (χ0v) is 18.5. The van der Waals surface area contributed by atoms with Crippen LogP contribution in [0.4, 0.5) is 15.8 Å². The molecule has 4 rings (SSSR count). The highest BCUT2D eigenvalue weighted by Gasteiger charge is 2.21. The lowest BCUT2D eigenvalue weighted by Gasteiger charge is -2.27. The SMILES string of the molecule is COc1cc(C)cc(N(CCCO)c2ccc3ncn(C4CCNCC4)c(=O)c3c2)c1F. The van der Waals surface area contributed by atoms with Gasteiger partial charge in [0.1, 0.15) is 0 Å². The number of aryl methyl sites for hydroxylation is 1. The van der Waals surface area contributed by atoms with Crippen LogP contribution in [0.15, 0.2) is 41.5 Å². The van der Waals surface area contributed by atoms with Crippen molar-refractivity contribution in [2.45, 2.75) is 32.2 Å². The van der Waals surface area contributed by atoms with Crippen molar-refractivity contribution in [1.29, 1.82) is 0 Å². The van der Waals surface area contributed by atoms with Crippen molar-refractivity contribution in [3.05, 3.63) is 58.4 Å². The lowest BCUT2D eigenvalue weighted by atomic mass is 10.1. The molecule has 3 aromatic rings. The number of aliphatic hydroxyl groups excluding tert-OH is 1. The molecule has 1 aliphatic rings. The van der Waals surface area contributed by atoms with E-state index in [-0.39, 0.29) is 24.0 Å². The zero-order valence-electron chi connectivity index (χ0n) is 18.5. The van der Waals surface area contributed by atoms with Crippen molar-refractivity contribution in [1.82, 2.24) is 14.9 Å². The van der Waals surface area contributed by atoms with Crippen LogP contribution in [0.2, 0.25) is 0 Å². The molecule has 1 aromatic heterocycles. The van der Waals surface area contributed by atoms with E-state index in [1.807, 2.05) is 13.0 Å². The second kappa shape index (κ2) is 9.67. The topological polar surface area (TPSA) is 79.6 Å². The molecule has 1 saturated heterocycles. The molecule has 2 aromatic carbocycles. The Labute approximate surface area is 186 Å². The van der Waals surface area contributed by atoms with Crippen LogP contribution < -0.4 is 20.5 Å². The van der Waals surface area contributed by atoms with Crippen molar-refractivity contribution in [3.8, 4) is 5.75 Å². The number of hydrogen-bond acceptors (Lipinski definition) is 6. The highest BCUT2D eigenvalue weighted by atomic mass is 19.1. The highest BCUT2D eigenvalue weighted by molar-refractivity contribution is 5.83. The maximum Gasteiger partial charge on any atom is 0.261 e. The minimum atomic E-state index is -0.477. The van der Waals surface area contributed by atoms with Gasteiger partial charge < -0.3 is 20.1 Å². The summed E-state index contributed by atoms with van der Waals surface area (Å²) < 4.78 is 22.1. The number of ether oxygens (including phenoxy) is 1. The van der Waals surface area contributed by atoms with Gasteiger partial charge in [0, 0.05) is 24.9 Å². The average molecular weight is 441 g/mol. The number of benzene rings is 2. The Hall–Kier alpha value is -2.97. The summed E-state index contributed by atoms with van der Waals surface area (Å²) in [6.07, 6.45) is 3.84. The molecule has 0 spiro atoms. The van der Waals surface area contributed by atoms with Gasteiger partial charge >= 0.3 is 0 Å². The second-order valence-electron chi connectivity index (χ2n) is 8.17. The number of aromatic nitrogens is 2. The summed E-state index contributed by atoms with van der Waals surface area (Å²) in [5, 5.41) is 13.2. The summed E-state index contributed by atoms with van der Waals surface area (Å²) >= 11 is 0. The van der Waals surface area contributed by atoms with Crippen LogP contribution in [0.25, 0.3) is 10.9 Å². The number of nitrogens with one attached hydrogen (secondary N) is 1. The number of halogens is 1. The predicted molar refractivity (Wildman–Crippen MR) is 124 cm³/mol. The number of fused-ring (bicyclic) bond motifs is 1. The molecule has 170 valence electrons. The first-order chi connectivity index (χ1) is 15.5. The van der Waals surface area contributed by atoms with E-state index in [1.54, 1.807) is 40.1 Å². The molecule has 1 fully saturated rings. The van der Waals surface area contributed by atoms with E-state index in [2.05, 4.69) is 10.3 Å². The van der Waals surface area contributed by atoms with Crippen LogP contribution in [0.3, 0.4) is 0 Å². The van der Waals surface area contributed by atoms with Gasteiger partial charge in [-0.1, -0.05) is 0 Å². The number of rotatable bonds is 7. The summed E-state index contributed by atoms with van der Waals surface area (Å²) in [7, 11) is 1.44. The van der Waals surface area contributed by atoms with E-state index in [0.29, 0.717) is 35.2 Å². The van der Waals surface area contributed by atoms with Gasteiger partial charge in [-0.3, -0.25) is 9.36 Å². The monoisotopic (exact) mass is 440 g/mol. The Morgan fingerprint density at radius 1 is 1.28 bits per heavy atom. The van der Waals surface area contributed by atoms with E-state index in [0.717, 1.165) is 31.5 Å². The van der Waals surface area contributed by atoms with Crippen LogP contribution in [-0.2, 0) is 0 Å². The molecule has 32 heavy (non-hydrogen) atoms. The first-order valence-electron chi connectivity index (χ1n) is 11.0. The molecule has 0 atom stereocenters. The molecular formula is C24H29FN4O3. The Kier molecular flexibility index (Phi) is 6.72. The minimum Gasteiger partial charge on any atom is -0.494 e. The summed E-state index contributed by atoms with van der Waals surface area (Å²) in [6, 6.07) is 8.90. The van der Waals surface area contributed by atoms with E-state index >= 15 is 4.39 Å². The molecule has 0 amide bonds. The van der Waals surface area contributed by atoms with Gasteiger partial charge in [-0.15, -0.1) is 0 Å². The van der Waals surface area contributed by atoms with Gasteiger partial charge in [-0.25, -0.2) is 9.37 Å². The summed E-state index contributed by atoms with van der Waals surface area (Å²) in [5.41, 5.74) is 2.38. The van der Waals surface area contributed by atoms with E-state index < -0.39 is 5.82 Å². The molecule has 0 unspecified atom stereocenters. The fourth-order valence-corrected chi connectivity index (χ4v) is 4.32. The van der Waals surface area contributed by atoms with E-state index in [1.165, 1.54) is 7.11 Å². The molecule has 1 aliphatic heterocycles. The van der Waals surface area contributed by atoms with Gasteiger partial charge in [0.2, 0.25) is 0 Å². The molecule has 8 heteroatoms. The second-order valence-corrected chi connectivity index (χ2v) is 8.17. The molecule has 0 bridgehead atoms. The van der Waals surface area contributed by atoms with Crippen molar-refractivity contribution in [2.24, 2.45) is 0 Å². The van der Waals surface area contributed by atoms with Gasteiger partial charge in [0.05, 0.1) is 30.0 Å². The van der Waals surface area contributed by atoms with Crippen LogP contribution in [0.5, 0.6) is 5.75 Å². The third-order valence-electron chi connectivity index (χ3n) is 5.99. The largest absolute Gasteiger partial charge is 0.494 e. The average Bonchev–Trinajstić information content (AvgIpc) is 2.82. The number of anilines is 2. The molecule has 7 nitrogen and oxygen atoms in total. The standard InChI is InChI=1S/C24H29FN4O3/c1-16-12-21(23(25)22(13-16)32-2)28(10-3-11-30)18-4-5-20-19(14-18)24(31)29(15-27-20)17-6-8-26-9-7-17/h4-5,12-15,17,26,30H,3,6-11H2,1-2H3. The Morgan fingerprint density at radius 2 is 2.06 bits per heavy atom. The van der Waals surface area contributed by atoms with Crippen LogP contribution >= 0.6 is 0 Å². The van der Waals surface area contributed by atoms with Crippen LogP contribution in [0, 0.1) is 12.7 Å². The summed E-state index contributed by atoms with van der Waals surface area (Å²) in [5.74, 6) is -0.320. The van der Waals surface area contributed by atoms with Gasteiger partial charge in [0.15, 0.2) is 11.6 Å². The maximum absolute atomic E-state index is 15.2. The number of nitrogens with zero attached hydrogens (tertiary/aromatic N) is 3. The molecule has 2 heterocycles. The normalized spacial score (nSPS) is 14.6. The van der Waals surface area contributed by atoms with Crippen molar-refractivity contribution >= 4 is 22.3 Å². The minimum absolute atomic E-state index is 0.0290. The quantitative estimate of drug-likeness (QED) is 0.587. The number of aliphatic hydroxyl groups is 1. The number of piperidine rings is 1. The molecule has 2 N–H and O–H groups in total. The highest BCUT2D eigenvalue weighted by Crippen LogP contribution is 2.35. The molecule has 0 aliphatic carbocycles. The zero-order chi connectivity index (χ0) is 22.7. The van der Waals surface area contributed by atoms with Gasteiger partial charge in [0.25, 0.3) is 5.56 Å². The Balaban J connectivity index is 1.82. The first-order valence-corrected chi connectivity index (χ1v) is 11.0.